The number of phenols is 1. The van der Waals surface area contributed by atoms with Crippen LogP contribution in [0.2, 0.25) is 0 Å². The van der Waals surface area contributed by atoms with Crippen molar-refractivity contribution < 1.29 is 9.52 Å². The summed E-state index contributed by atoms with van der Waals surface area (Å²) < 4.78 is 6.23. The molecule has 0 spiro atoms. The Morgan fingerprint density at radius 1 is 0.718 bits per heavy atom. The maximum atomic E-state index is 10.7. The molecule has 0 aliphatic heterocycles. The minimum atomic E-state index is -0.0482. The van der Waals surface area contributed by atoms with Crippen LogP contribution >= 0.6 is 0 Å². The van der Waals surface area contributed by atoms with Crippen LogP contribution in [-0.4, -0.2) is 15.1 Å². The van der Waals surface area contributed by atoms with Gasteiger partial charge in [-0.3, -0.25) is 4.98 Å². The fourth-order valence-electron chi connectivity index (χ4n) is 4.89. The Balaban J connectivity index is 1.46. The molecule has 2 aromatic heterocycles. The van der Waals surface area contributed by atoms with Crippen molar-refractivity contribution in [2.45, 2.75) is 32.6 Å². The first-order chi connectivity index (χ1) is 18.8. The highest BCUT2D eigenvalue weighted by Gasteiger charge is 2.20. The zero-order valence-corrected chi connectivity index (χ0v) is 22.3. The van der Waals surface area contributed by atoms with Gasteiger partial charge in [-0.25, -0.2) is 4.98 Å². The molecule has 4 heteroatoms. The van der Waals surface area contributed by atoms with Gasteiger partial charge in [0, 0.05) is 17.3 Å². The van der Waals surface area contributed by atoms with Crippen LogP contribution in [0.15, 0.2) is 114 Å². The van der Waals surface area contributed by atoms with Gasteiger partial charge in [0.15, 0.2) is 5.58 Å². The lowest BCUT2D eigenvalue weighted by molar-refractivity contribution is 0.474. The van der Waals surface area contributed by atoms with E-state index in [2.05, 4.69) is 62.2 Å². The van der Waals surface area contributed by atoms with Crippen molar-refractivity contribution in [3.05, 3.63) is 126 Å². The molecule has 1 N–H and O–H groups in total. The summed E-state index contributed by atoms with van der Waals surface area (Å²) in [5.41, 5.74) is 9.49. The van der Waals surface area contributed by atoms with Gasteiger partial charge in [-0.1, -0.05) is 81.4 Å². The third-order valence-electron chi connectivity index (χ3n) is 7.03. The Bertz CT molecular complexity index is 1760. The summed E-state index contributed by atoms with van der Waals surface area (Å²) >= 11 is 0. The van der Waals surface area contributed by atoms with Crippen LogP contribution in [0.5, 0.6) is 5.75 Å². The fourth-order valence-corrected chi connectivity index (χ4v) is 4.89. The van der Waals surface area contributed by atoms with E-state index in [4.69, 9.17) is 9.40 Å². The minimum absolute atomic E-state index is 0.0482. The van der Waals surface area contributed by atoms with Crippen LogP contribution in [0.4, 0.5) is 0 Å². The Labute approximate surface area is 228 Å². The lowest BCUT2D eigenvalue weighted by atomic mass is 9.83. The summed E-state index contributed by atoms with van der Waals surface area (Å²) in [6, 6.07) is 34.5. The molecule has 4 nitrogen and oxygen atoms in total. The molecule has 4 aromatic carbocycles. The Hall–Kier alpha value is -4.70. The first-order valence-corrected chi connectivity index (χ1v) is 13.2. The maximum Gasteiger partial charge on any atom is 0.231 e. The Morgan fingerprint density at radius 3 is 2.28 bits per heavy atom. The molecular weight excluding hydrogens is 480 g/mol. The number of benzene rings is 4. The highest BCUT2D eigenvalue weighted by Crippen LogP contribution is 2.38. The quantitative estimate of drug-likeness (QED) is 0.252. The molecule has 0 bridgehead atoms. The van der Waals surface area contributed by atoms with Gasteiger partial charge in [0.05, 0.1) is 11.3 Å². The van der Waals surface area contributed by atoms with E-state index in [9.17, 15) is 5.11 Å². The smallest absolute Gasteiger partial charge is 0.231 e. The zero-order valence-electron chi connectivity index (χ0n) is 22.3. The number of rotatable bonds is 5. The van der Waals surface area contributed by atoms with E-state index < -0.39 is 0 Å². The molecule has 0 saturated carbocycles. The minimum Gasteiger partial charge on any atom is -0.507 e. The monoisotopic (exact) mass is 510 g/mol. The summed E-state index contributed by atoms with van der Waals surface area (Å²) in [6.45, 7) is 6.65. The molecule has 6 aromatic rings. The van der Waals surface area contributed by atoms with E-state index in [0.717, 1.165) is 39.9 Å². The van der Waals surface area contributed by atoms with Crippen molar-refractivity contribution in [1.29, 1.82) is 0 Å². The molecule has 0 amide bonds. The zero-order chi connectivity index (χ0) is 27.0. The van der Waals surface area contributed by atoms with Crippen LogP contribution in [0, 0.1) is 0 Å². The van der Waals surface area contributed by atoms with Crippen molar-refractivity contribution in [3.63, 3.8) is 0 Å². The molecule has 0 unspecified atom stereocenters. The van der Waals surface area contributed by atoms with Gasteiger partial charge in [0.25, 0.3) is 0 Å². The number of para-hydroxylation sites is 1. The van der Waals surface area contributed by atoms with Crippen molar-refractivity contribution in [2.24, 2.45) is 0 Å². The molecule has 0 atom stereocenters. The summed E-state index contributed by atoms with van der Waals surface area (Å²) in [4.78, 5) is 9.52. The average Bonchev–Trinajstić information content (AvgIpc) is 3.39. The van der Waals surface area contributed by atoms with Gasteiger partial charge in [-0.2, -0.15) is 0 Å². The van der Waals surface area contributed by atoms with Crippen molar-refractivity contribution >= 4 is 11.1 Å². The number of pyridine rings is 1. The van der Waals surface area contributed by atoms with Gasteiger partial charge in [0.1, 0.15) is 11.3 Å². The maximum absolute atomic E-state index is 10.7. The Morgan fingerprint density at radius 2 is 1.51 bits per heavy atom. The van der Waals surface area contributed by atoms with Crippen LogP contribution in [0.1, 0.15) is 37.5 Å². The van der Waals surface area contributed by atoms with Gasteiger partial charge in [-0.05, 0) is 76.6 Å². The number of hydrogen-bond donors (Lipinski definition) is 1. The highest BCUT2D eigenvalue weighted by molar-refractivity contribution is 5.93. The SMILES string of the molecule is CC(C)(C)c1cc(-c2ccccn2)cc(-c2cccc3oc(-c4cc(Cc5ccccc5)ccc4O)nc23)c1. The third-order valence-corrected chi connectivity index (χ3v) is 7.03. The van der Waals surface area contributed by atoms with E-state index in [1.54, 1.807) is 6.07 Å². The van der Waals surface area contributed by atoms with Gasteiger partial charge in [0.2, 0.25) is 5.89 Å². The van der Waals surface area contributed by atoms with Crippen LogP contribution < -0.4 is 0 Å². The largest absolute Gasteiger partial charge is 0.507 e. The average molecular weight is 511 g/mol. The van der Waals surface area contributed by atoms with Crippen LogP contribution in [0.3, 0.4) is 0 Å². The summed E-state index contributed by atoms with van der Waals surface area (Å²) in [7, 11) is 0. The number of nitrogens with zero attached hydrogens (tertiary/aromatic N) is 2. The second-order valence-corrected chi connectivity index (χ2v) is 10.9. The Kier molecular flexibility index (Phi) is 6.24. The van der Waals surface area contributed by atoms with Gasteiger partial charge < -0.3 is 9.52 Å². The van der Waals surface area contributed by atoms with Gasteiger partial charge in [-0.15, -0.1) is 0 Å². The summed E-state index contributed by atoms with van der Waals surface area (Å²) in [6.07, 6.45) is 2.58. The third kappa shape index (κ3) is 5.06. The second kappa shape index (κ2) is 9.88. The van der Waals surface area contributed by atoms with Crippen LogP contribution in [0.25, 0.3) is 44.9 Å². The number of hydrogen-bond acceptors (Lipinski definition) is 4. The topological polar surface area (TPSA) is 59.2 Å². The summed E-state index contributed by atoms with van der Waals surface area (Å²) in [5, 5.41) is 10.7. The summed E-state index contributed by atoms with van der Waals surface area (Å²) in [5.74, 6) is 0.550. The standard InChI is InChI=1S/C35H30N2O2/c1-35(2,3)27-21-25(20-26(22-27)30-13-7-8-17-36-30)28-12-9-14-32-33(28)37-34(39-32)29-19-24(15-16-31(29)38)18-23-10-5-4-6-11-23/h4-17,19-22,38H,18H2,1-3H3. The van der Waals surface area contributed by atoms with E-state index in [1.165, 1.54) is 11.1 Å². The van der Waals surface area contributed by atoms with Crippen molar-refractivity contribution in [2.75, 3.05) is 0 Å². The molecule has 39 heavy (non-hydrogen) atoms. The van der Waals surface area contributed by atoms with Crippen LogP contribution in [-0.2, 0) is 11.8 Å². The molecule has 0 radical (unpaired) electrons. The normalized spacial score (nSPS) is 11.7. The number of fused-ring (bicyclic) bond motifs is 1. The molecule has 0 fully saturated rings. The first kappa shape index (κ1) is 24.6. The molecule has 0 saturated heterocycles. The molecule has 0 aliphatic rings. The predicted molar refractivity (Wildman–Crippen MR) is 158 cm³/mol. The number of phenolic OH excluding ortho intramolecular Hbond substituents is 1. The van der Waals surface area contributed by atoms with E-state index in [1.807, 2.05) is 66.9 Å². The van der Waals surface area contributed by atoms with E-state index in [0.29, 0.717) is 17.0 Å². The van der Waals surface area contributed by atoms with Crippen molar-refractivity contribution in [3.8, 4) is 39.6 Å². The van der Waals surface area contributed by atoms with E-state index >= 15 is 0 Å². The van der Waals surface area contributed by atoms with Gasteiger partial charge >= 0.3 is 0 Å². The molecule has 6 rings (SSSR count). The molecular formula is C35H30N2O2. The lowest BCUT2D eigenvalue weighted by Gasteiger charge is -2.21. The molecule has 192 valence electrons. The predicted octanol–water partition coefficient (Wildman–Crippen LogP) is 8.82. The highest BCUT2D eigenvalue weighted by atomic mass is 16.3. The first-order valence-electron chi connectivity index (χ1n) is 13.2. The van der Waals surface area contributed by atoms with E-state index in [-0.39, 0.29) is 11.2 Å². The number of oxazole rings is 1. The lowest BCUT2D eigenvalue weighted by Crippen LogP contribution is -2.11. The fraction of sp³-hybridized carbons (Fsp3) is 0.143. The molecule has 0 aliphatic carbocycles. The van der Waals surface area contributed by atoms with Crippen molar-refractivity contribution in [1.82, 2.24) is 9.97 Å². The number of aromatic hydroxyl groups is 1. The second-order valence-electron chi connectivity index (χ2n) is 10.9. The molecule has 2 heterocycles. The number of aromatic nitrogens is 2.